The predicted octanol–water partition coefficient (Wildman–Crippen LogP) is 3.72. The zero-order valence-corrected chi connectivity index (χ0v) is 14.6. The lowest BCUT2D eigenvalue weighted by atomic mass is 10.1. The van der Waals surface area contributed by atoms with Crippen LogP contribution < -0.4 is 4.74 Å². The monoisotopic (exact) mass is 371 g/mol. The Bertz CT molecular complexity index is 722. The summed E-state index contributed by atoms with van der Waals surface area (Å²) in [5, 5.41) is 19.3. The molecule has 0 radical (unpaired) electrons. The second kappa shape index (κ2) is 7.47. The van der Waals surface area contributed by atoms with Crippen LogP contribution in [0.3, 0.4) is 0 Å². The van der Waals surface area contributed by atoms with Crippen LogP contribution in [0, 0.1) is 10.1 Å². The molecule has 0 N–H and O–H groups in total. The number of nitro groups is 1. The maximum atomic E-state index is 11.1. The van der Waals surface area contributed by atoms with Crippen molar-refractivity contribution in [2.75, 3.05) is 12.5 Å². The van der Waals surface area contributed by atoms with Crippen molar-refractivity contribution in [3.05, 3.63) is 33.4 Å². The summed E-state index contributed by atoms with van der Waals surface area (Å²) < 4.78 is 12.5. The Morgan fingerprint density at radius 3 is 2.87 bits per heavy atom. The fraction of sp³-hybridized carbons (Fsp3) is 0.385. The zero-order valence-electron chi connectivity index (χ0n) is 12.2. The third-order valence-electron chi connectivity index (χ3n) is 2.99. The molecule has 3 rings (SSSR count). The van der Waals surface area contributed by atoms with Gasteiger partial charge < -0.3 is 9.47 Å². The standard InChI is InChI=1S/C13H13N3O4S3/c1-2-21-12-14-15-13(23-12)22-6-9-4-10(16(17)18)3-8-5-19-7-20-11(8)9/h3-4H,2,5-7H2,1H3. The molecule has 2 aromatic rings. The van der Waals surface area contributed by atoms with E-state index < -0.39 is 4.92 Å². The molecule has 1 aliphatic heterocycles. The normalized spacial score (nSPS) is 13.4. The quantitative estimate of drug-likeness (QED) is 0.431. The zero-order chi connectivity index (χ0) is 16.2. The molecule has 122 valence electrons. The van der Waals surface area contributed by atoms with Crippen molar-refractivity contribution in [3.8, 4) is 5.75 Å². The summed E-state index contributed by atoms with van der Waals surface area (Å²) in [6, 6.07) is 3.06. The van der Waals surface area contributed by atoms with Gasteiger partial charge in [-0.3, -0.25) is 10.1 Å². The Labute approximate surface area is 144 Å². The molecule has 2 heterocycles. The van der Waals surface area contributed by atoms with Crippen LogP contribution in [0.2, 0.25) is 0 Å². The molecule has 0 saturated carbocycles. The number of hydrogen-bond donors (Lipinski definition) is 0. The maximum Gasteiger partial charge on any atom is 0.270 e. The Morgan fingerprint density at radius 2 is 2.13 bits per heavy atom. The highest BCUT2D eigenvalue weighted by Crippen LogP contribution is 2.37. The fourth-order valence-electron chi connectivity index (χ4n) is 2.07. The molecule has 0 unspecified atom stereocenters. The van der Waals surface area contributed by atoms with Crippen LogP contribution in [0.5, 0.6) is 5.75 Å². The average molecular weight is 371 g/mol. The van der Waals surface area contributed by atoms with E-state index in [2.05, 4.69) is 17.1 Å². The number of fused-ring (bicyclic) bond motifs is 1. The molecular weight excluding hydrogens is 358 g/mol. The van der Waals surface area contributed by atoms with Gasteiger partial charge in [-0.05, 0) is 5.75 Å². The highest BCUT2D eigenvalue weighted by Gasteiger charge is 2.21. The van der Waals surface area contributed by atoms with Crippen LogP contribution in [0.15, 0.2) is 20.8 Å². The number of nitro benzene ring substituents is 1. The third-order valence-corrected chi connectivity index (χ3v) is 6.11. The molecule has 0 bridgehead atoms. The van der Waals surface area contributed by atoms with Crippen LogP contribution >= 0.6 is 34.9 Å². The number of aromatic nitrogens is 2. The molecule has 0 fully saturated rings. The van der Waals surface area contributed by atoms with Gasteiger partial charge in [0.15, 0.2) is 15.5 Å². The average Bonchev–Trinajstić information content (AvgIpc) is 3.00. The first-order chi connectivity index (χ1) is 11.2. The molecule has 0 amide bonds. The number of thioether (sulfide) groups is 2. The van der Waals surface area contributed by atoms with E-state index in [9.17, 15) is 10.1 Å². The van der Waals surface area contributed by atoms with Crippen LogP contribution in [0.1, 0.15) is 18.1 Å². The molecule has 10 heteroatoms. The highest BCUT2D eigenvalue weighted by molar-refractivity contribution is 8.02. The van der Waals surface area contributed by atoms with Crippen LogP contribution in [0.25, 0.3) is 0 Å². The van der Waals surface area contributed by atoms with Crippen molar-refractivity contribution in [3.63, 3.8) is 0 Å². The van der Waals surface area contributed by atoms with Crippen LogP contribution in [-0.2, 0) is 17.1 Å². The van der Waals surface area contributed by atoms with Gasteiger partial charge in [-0.15, -0.1) is 10.2 Å². The van der Waals surface area contributed by atoms with Crippen molar-refractivity contribution in [1.29, 1.82) is 0 Å². The van der Waals surface area contributed by atoms with Gasteiger partial charge in [0.25, 0.3) is 5.69 Å². The second-order valence-corrected chi connectivity index (χ2v) is 8.23. The van der Waals surface area contributed by atoms with Crippen molar-refractivity contribution in [1.82, 2.24) is 10.2 Å². The van der Waals surface area contributed by atoms with Crippen LogP contribution in [0.4, 0.5) is 5.69 Å². The number of nitrogens with zero attached hydrogens (tertiary/aromatic N) is 3. The van der Waals surface area contributed by atoms with Gasteiger partial charge in [-0.2, -0.15) is 0 Å². The molecule has 0 spiro atoms. The molecule has 0 aliphatic carbocycles. The number of ether oxygens (including phenoxy) is 2. The molecule has 0 saturated heterocycles. The van der Waals surface area contributed by atoms with Crippen molar-refractivity contribution in [2.24, 2.45) is 0 Å². The molecule has 1 aliphatic rings. The molecule has 1 aromatic heterocycles. The second-order valence-electron chi connectivity index (χ2n) is 4.52. The van der Waals surface area contributed by atoms with Gasteiger partial charge in [0.1, 0.15) is 5.75 Å². The van der Waals surface area contributed by atoms with Gasteiger partial charge in [0.2, 0.25) is 0 Å². The Hall–Kier alpha value is -1.36. The number of benzene rings is 1. The predicted molar refractivity (Wildman–Crippen MR) is 89.2 cm³/mol. The van der Waals surface area contributed by atoms with E-state index >= 15 is 0 Å². The number of rotatable bonds is 6. The third kappa shape index (κ3) is 3.94. The lowest BCUT2D eigenvalue weighted by Crippen LogP contribution is -2.13. The maximum absolute atomic E-state index is 11.1. The van der Waals surface area contributed by atoms with Gasteiger partial charge in [0.05, 0.1) is 11.5 Å². The first kappa shape index (κ1) is 16.5. The van der Waals surface area contributed by atoms with Crippen molar-refractivity contribution >= 4 is 40.5 Å². The summed E-state index contributed by atoms with van der Waals surface area (Å²) >= 11 is 4.68. The minimum atomic E-state index is -0.399. The Kier molecular flexibility index (Phi) is 5.36. The lowest BCUT2D eigenvalue weighted by molar-refractivity contribution is -0.385. The summed E-state index contributed by atoms with van der Waals surface area (Å²) in [5.41, 5.74) is 1.54. The van der Waals surface area contributed by atoms with Crippen molar-refractivity contribution < 1.29 is 14.4 Å². The molecule has 7 nitrogen and oxygen atoms in total. The van der Waals surface area contributed by atoms with E-state index in [0.717, 1.165) is 20.0 Å². The van der Waals surface area contributed by atoms with Gasteiger partial charge in [0, 0.05) is 29.0 Å². The molecule has 23 heavy (non-hydrogen) atoms. The summed E-state index contributed by atoms with van der Waals surface area (Å²) in [6.07, 6.45) is 0. The van der Waals surface area contributed by atoms with E-state index in [1.54, 1.807) is 17.8 Å². The first-order valence-corrected chi connectivity index (χ1v) is 9.56. The lowest BCUT2D eigenvalue weighted by Gasteiger charge is -2.20. The Morgan fingerprint density at radius 1 is 1.35 bits per heavy atom. The summed E-state index contributed by atoms with van der Waals surface area (Å²) in [6.45, 7) is 2.55. The van der Waals surface area contributed by atoms with E-state index in [4.69, 9.17) is 9.47 Å². The highest BCUT2D eigenvalue weighted by atomic mass is 32.2. The van der Waals surface area contributed by atoms with Gasteiger partial charge >= 0.3 is 0 Å². The largest absolute Gasteiger partial charge is 0.467 e. The number of non-ortho nitro benzene ring substituents is 1. The van der Waals surface area contributed by atoms with Gasteiger partial charge in [-0.25, -0.2) is 0 Å². The number of hydrogen-bond acceptors (Lipinski definition) is 9. The van der Waals surface area contributed by atoms with Crippen LogP contribution in [-0.4, -0.2) is 27.7 Å². The molecule has 1 aromatic carbocycles. The van der Waals surface area contributed by atoms with Gasteiger partial charge in [-0.1, -0.05) is 41.8 Å². The fourth-order valence-corrected chi connectivity index (χ4v) is 4.95. The van der Waals surface area contributed by atoms with E-state index in [1.807, 2.05) is 0 Å². The summed E-state index contributed by atoms with van der Waals surface area (Å²) in [4.78, 5) is 10.7. The minimum Gasteiger partial charge on any atom is -0.467 e. The summed E-state index contributed by atoms with van der Waals surface area (Å²) in [5.74, 6) is 2.17. The SMILES string of the molecule is CCSc1nnc(SCc2cc([N+](=O)[O-])cc3c2OCOC3)s1. The molecule has 0 atom stereocenters. The molecular formula is C13H13N3O4S3. The first-order valence-electron chi connectivity index (χ1n) is 6.77. The Balaban J connectivity index is 1.80. The van der Waals surface area contributed by atoms with Crippen molar-refractivity contribution in [2.45, 2.75) is 28.0 Å². The smallest absolute Gasteiger partial charge is 0.270 e. The van der Waals surface area contributed by atoms with E-state index in [1.165, 1.54) is 29.2 Å². The van der Waals surface area contributed by atoms with E-state index in [0.29, 0.717) is 23.7 Å². The summed E-state index contributed by atoms with van der Waals surface area (Å²) in [7, 11) is 0. The topological polar surface area (TPSA) is 87.4 Å². The minimum absolute atomic E-state index is 0.0490. The van der Waals surface area contributed by atoms with E-state index in [-0.39, 0.29) is 12.5 Å².